The number of carbonyl (C=O) groups excluding carboxylic acids is 1. The number of nitrogens with one attached hydrogen (secondary N) is 1. The van der Waals surface area contributed by atoms with Crippen LogP contribution in [0.3, 0.4) is 0 Å². The molecule has 1 aliphatic heterocycles. The van der Waals surface area contributed by atoms with E-state index in [1.165, 1.54) is 0 Å². The third-order valence-electron chi connectivity index (χ3n) is 4.71. The first-order valence-electron chi connectivity index (χ1n) is 8.62. The van der Waals surface area contributed by atoms with Crippen molar-refractivity contribution in [2.75, 3.05) is 7.05 Å². The molecule has 4 rings (SSSR count). The average Bonchev–Trinajstić information content (AvgIpc) is 3.00. The Bertz CT molecular complexity index is 1010. The van der Waals surface area contributed by atoms with Crippen molar-refractivity contribution in [3.63, 3.8) is 0 Å². The molecule has 0 radical (unpaired) electrons. The average molecular weight is 353 g/mol. The predicted octanol–water partition coefficient (Wildman–Crippen LogP) is 0.836. The van der Waals surface area contributed by atoms with Gasteiger partial charge in [0.25, 0.3) is 5.56 Å². The van der Waals surface area contributed by atoms with Crippen molar-refractivity contribution in [2.24, 2.45) is 0 Å². The maximum absolute atomic E-state index is 13.0. The second kappa shape index (κ2) is 6.66. The number of carbonyl (C=O) groups is 1. The molecule has 1 N–H and O–H groups in total. The number of tetrazole rings is 1. The molecular formula is C17H19N7O2. The molecule has 0 unspecified atom stereocenters. The van der Waals surface area contributed by atoms with Crippen LogP contribution in [0.4, 0.5) is 0 Å². The summed E-state index contributed by atoms with van der Waals surface area (Å²) in [5, 5.41) is 12.2. The second-order valence-corrected chi connectivity index (χ2v) is 6.53. The van der Waals surface area contributed by atoms with E-state index in [0.717, 1.165) is 19.4 Å². The molecular weight excluding hydrogens is 334 g/mol. The lowest BCUT2D eigenvalue weighted by atomic mass is 10.0. The van der Waals surface area contributed by atoms with Gasteiger partial charge >= 0.3 is 0 Å². The molecule has 2 aromatic heterocycles. The number of aryl methyl sites for hydroxylation is 1. The van der Waals surface area contributed by atoms with E-state index in [1.807, 2.05) is 6.07 Å². The van der Waals surface area contributed by atoms with E-state index < -0.39 is 0 Å². The van der Waals surface area contributed by atoms with Crippen molar-refractivity contribution in [1.82, 2.24) is 35.1 Å². The van der Waals surface area contributed by atoms with Crippen LogP contribution in [0.5, 0.6) is 0 Å². The summed E-state index contributed by atoms with van der Waals surface area (Å²) in [6, 6.07) is 7.14. The third kappa shape index (κ3) is 2.96. The van der Waals surface area contributed by atoms with E-state index in [-0.39, 0.29) is 23.9 Å². The summed E-state index contributed by atoms with van der Waals surface area (Å²) in [5.74, 6) is 0.625. The number of rotatable bonds is 3. The van der Waals surface area contributed by atoms with Crippen LogP contribution in [0.2, 0.25) is 0 Å². The topological polar surface area (TPSA) is 110 Å². The fourth-order valence-corrected chi connectivity index (χ4v) is 3.37. The minimum atomic E-state index is -0.371. The maximum atomic E-state index is 13.0. The van der Waals surface area contributed by atoms with E-state index in [2.05, 4.69) is 25.5 Å². The summed E-state index contributed by atoms with van der Waals surface area (Å²) in [6.45, 7) is 0.951. The summed E-state index contributed by atoms with van der Waals surface area (Å²) in [4.78, 5) is 34.0. The summed E-state index contributed by atoms with van der Waals surface area (Å²) in [7, 11) is 1.70. The number of aromatic amines is 1. The van der Waals surface area contributed by atoms with Crippen molar-refractivity contribution in [1.29, 1.82) is 0 Å². The van der Waals surface area contributed by atoms with Gasteiger partial charge in [0.15, 0.2) is 5.82 Å². The predicted molar refractivity (Wildman–Crippen MR) is 93.2 cm³/mol. The first kappa shape index (κ1) is 16.4. The number of H-pyrrole nitrogens is 1. The SMILES string of the molecule is CN(Cc1nc2ccccc2c(=O)[nH]1)C(=O)[C@H]1CCCCn2nnnc21. The van der Waals surface area contributed by atoms with E-state index >= 15 is 0 Å². The van der Waals surface area contributed by atoms with Crippen LogP contribution in [-0.4, -0.2) is 48.0 Å². The van der Waals surface area contributed by atoms with Crippen LogP contribution in [0.15, 0.2) is 29.1 Å². The van der Waals surface area contributed by atoms with Gasteiger partial charge in [-0.1, -0.05) is 18.6 Å². The first-order valence-corrected chi connectivity index (χ1v) is 8.62. The van der Waals surface area contributed by atoms with Crippen LogP contribution in [0.1, 0.15) is 36.8 Å². The van der Waals surface area contributed by atoms with Gasteiger partial charge in [0.05, 0.1) is 23.4 Å². The molecule has 3 aromatic rings. The van der Waals surface area contributed by atoms with Gasteiger partial charge in [-0.15, -0.1) is 5.10 Å². The number of hydrogen-bond donors (Lipinski definition) is 1. The molecule has 9 heteroatoms. The molecule has 0 saturated carbocycles. The van der Waals surface area contributed by atoms with Crippen molar-refractivity contribution < 1.29 is 4.79 Å². The quantitative estimate of drug-likeness (QED) is 0.747. The zero-order chi connectivity index (χ0) is 18.1. The van der Waals surface area contributed by atoms with Gasteiger partial charge in [-0.25, -0.2) is 9.67 Å². The van der Waals surface area contributed by atoms with E-state index in [4.69, 9.17) is 0 Å². The molecule has 0 fully saturated rings. The number of fused-ring (bicyclic) bond motifs is 2. The van der Waals surface area contributed by atoms with Crippen molar-refractivity contribution in [3.05, 3.63) is 46.3 Å². The third-order valence-corrected chi connectivity index (χ3v) is 4.71. The summed E-state index contributed by atoms with van der Waals surface area (Å²) >= 11 is 0. The van der Waals surface area contributed by atoms with Crippen LogP contribution < -0.4 is 5.56 Å². The number of aromatic nitrogens is 6. The Morgan fingerprint density at radius 1 is 1.35 bits per heavy atom. The molecule has 1 amide bonds. The van der Waals surface area contributed by atoms with Gasteiger partial charge in [-0.3, -0.25) is 9.59 Å². The van der Waals surface area contributed by atoms with Crippen molar-refractivity contribution >= 4 is 16.8 Å². The van der Waals surface area contributed by atoms with Crippen LogP contribution in [0.25, 0.3) is 10.9 Å². The number of nitrogens with zero attached hydrogens (tertiary/aromatic N) is 6. The van der Waals surface area contributed by atoms with Gasteiger partial charge in [-0.05, 0) is 35.4 Å². The monoisotopic (exact) mass is 353 g/mol. The second-order valence-electron chi connectivity index (χ2n) is 6.53. The fourth-order valence-electron chi connectivity index (χ4n) is 3.37. The zero-order valence-corrected chi connectivity index (χ0v) is 14.4. The smallest absolute Gasteiger partial charge is 0.258 e. The summed E-state index contributed by atoms with van der Waals surface area (Å²) in [6.07, 6.45) is 2.59. The number of amides is 1. The Hall–Kier alpha value is -3.10. The first-order chi connectivity index (χ1) is 12.6. The fraction of sp³-hybridized carbons (Fsp3) is 0.412. The van der Waals surface area contributed by atoms with Gasteiger partial charge < -0.3 is 9.88 Å². The molecule has 1 aliphatic rings. The highest BCUT2D eigenvalue weighted by Gasteiger charge is 2.30. The Kier molecular flexibility index (Phi) is 4.19. The molecule has 134 valence electrons. The highest BCUT2D eigenvalue weighted by atomic mass is 16.2. The Morgan fingerprint density at radius 3 is 3.08 bits per heavy atom. The number of para-hydroxylation sites is 1. The molecule has 1 atom stereocenters. The van der Waals surface area contributed by atoms with Gasteiger partial charge in [0, 0.05) is 13.6 Å². The minimum Gasteiger partial charge on any atom is -0.338 e. The lowest BCUT2D eigenvalue weighted by molar-refractivity contribution is -0.132. The van der Waals surface area contributed by atoms with Crippen LogP contribution >= 0.6 is 0 Å². The summed E-state index contributed by atoms with van der Waals surface area (Å²) in [5.41, 5.74) is 0.412. The molecule has 26 heavy (non-hydrogen) atoms. The van der Waals surface area contributed by atoms with Crippen molar-refractivity contribution in [2.45, 2.75) is 38.3 Å². The molecule has 9 nitrogen and oxygen atoms in total. The molecule has 0 saturated heterocycles. The van der Waals surface area contributed by atoms with Crippen LogP contribution in [-0.2, 0) is 17.9 Å². The Balaban J connectivity index is 1.58. The number of benzene rings is 1. The Labute approximate surface area is 149 Å². The van der Waals surface area contributed by atoms with Crippen molar-refractivity contribution in [3.8, 4) is 0 Å². The molecule has 0 aliphatic carbocycles. The number of likely N-dealkylation sites (N-methyl/N-ethyl adjacent to an activating group) is 1. The lowest BCUT2D eigenvalue weighted by Crippen LogP contribution is -2.33. The standard InChI is InChI=1S/C17H19N7O2/c1-23(10-14-18-13-8-3-2-6-11(13)16(25)19-14)17(26)12-7-4-5-9-24-15(12)20-21-22-24/h2-3,6,8,12H,4-5,7,9-10H2,1H3,(H,18,19,25)/t12-/m0/s1. The highest BCUT2D eigenvalue weighted by Crippen LogP contribution is 2.26. The van der Waals surface area contributed by atoms with Gasteiger partial charge in [0.2, 0.25) is 5.91 Å². The van der Waals surface area contributed by atoms with Gasteiger partial charge in [0.1, 0.15) is 5.82 Å². The molecule has 0 spiro atoms. The molecule has 3 heterocycles. The van der Waals surface area contributed by atoms with Crippen LogP contribution in [0, 0.1) is 0 Å². The van der Waals surface area contributed by atoms with E-state index in [9.17, 15) is 9.59 Å². The zero-order valence-electron chi connectivity index (χ0n) is 14.4. The lowest BCUT2D eigenvalue weighted by Gasteiger charge is -2.21. The van der Waals surface area contributed by atoms with E-state index in [0.29, 0.717) is 29.0 Å². The Morgan fingerprint density at radius 2 is 2.19 bits per heavy atom. The largest absolute Gasteiger partial charge is 0.338 e. The number of hydrogen-bond acceptors (Lipinski definition) is 6. The molecule has 0 bridgehead atoms. The minimum absolute atomic E-state index is 0.0706. The summed E-state index contributed by atoms with van der Waals surface area (Å²) < 4.78 is 1.71. The van der Waals surface area contributed by atoms with E-state index in [1.54, 1.807) is 34.8 Å². The maximum Gasteiger partial charge on any atom is 0.258 e. The van der Waals surface area contributed by atoms with Gasteiger partial charge in [-0.2, -0.15) is 0 Å². The normalized spacial score (nSPS) is 16.9. The molecule has 1 aromatic carbocycles. The highest BCUT2D eigenvalue weighted by molar-refractivity contribution is 5.82.